The summed E-state index contributed by atoms with van der Waals surface area (Å²) < 4.78 is 0. The van der Waals surface area contributed by atoms with Crippen LogP contribution < -0.4 is 10.6 Å². The van der Waals surface area contributed by atoms with Gasteiger partial charge in [-0.05, 0) is 25.8 Å². The van der Waals surface area contributed by atoms with Gasteiger partial charge in [-0.15, -0.1) is 0 Å². The molecule has 2 atom stereocenters. The fourth-order valence-electron chi connectivity index (χ4n) is 3.05. The molecular formula is C13H23N3. The van der Waals surface area contributed by atoms with E-state index in [1.807, 2.05) is 0 Å². The number of nitrogens with zero attached hydrogens (tertiary/aromatic N) is 1. The molecule has 2 unspecified atom stereocenters. The Hall–Kier alpha value is -0.590. The smallest absolute Gasteiger partial charge is 0.111 e. The van der Waals surface area contributed by atoms with E-state index in [1.54, 1.807) is 0 Å². The number of piperidine rings is 1. The third kappa shape index (κ3) is 2.39. The van der Waals surface area contributed by atoms with Crippen LogP contribution in [0.2, 0.25) is 0 Å². The van der Waals surface area contributed by atoms with E-state index in [0.717, 1.165) is 19.5 Å². The van der Waals surface area contributed by atoms with Crippen LogP contribution >= 0.6 is 0 Å². The zero-order valence-corrected chi connectivity index (χ0v) is 10.3. The molecular weight excluding hydrogens is 198 g/mol. The number of nitriles is 1. The summed E-state index contributed by atoms with van der Waals surface area (Å²) in [5.41, 5.74) is -0.271. The molecule has 0 spiro atoms. The van der Waals surface area contributed by atoms with Crippen LogP contribution in [0, 0.1) is 17.2 Å². The summed E-state index contributed by atoms with van der Waals surface area (Å²) in [6.45, 7) is 4.12. The molecule has 1 aliphatic carbocycles. The lowest BCUT2D eigenvalue weighted by Crippen LogP contribution is -2.60. The molecule has 2 rings (SSSR count). The van der Waals surface area contributed by atoms with Gasteiger partial charge in [-0.2, -0.15) is 5.26 Å². The van der Waals surface area contributed by atoms with Crippen molar-refractivity contribution in [3.05, 3.63) is 0 Å². The van der Waals surface area contributed by atoms with E-state index in [4.69, 9.17) is 0 Å². The Bertz CT molecular complexity index is 265. The molecule has 2 N–H and O–H groups in total. The largest absolute Gasteiger partial charge is 0.316 e. The molecule has 2 aliphatic rings. The zero-order valence-electron chi connectivity index (χ0n) is 10.3. The van der Waals surface area contributed by atoms with Crippen LogP contribution in [0.25, 0.3) is 0 Å². The lowest BCUT2D eigenvalue weighted by atomic mass is 9.79. The number of hydrogen-bond acceptors (Lipinski definition) is 3. The van der Waals surface area contributed by atoms with Crippen molar-refractivity contribution >= 4 is 0 Å². The first-order chi connectivity index (χ1) is 7.77. The molecule has 1 aliphatic heterocycles. The second-order valence-electron chi connectivity index (χ2n) is 5.42. The van der Waals surface area contributed by atoms with Gasteiger partial charge in [-0.25, -0.2) is 0 Å². The van der Waals surface area contributed by atoms with Crippen LogP contribution in [0.5, 0.6) is 0 Å². The highest BCUT2D eigenvalue weighted by molar-refractivity contribution is 5.13. The summed E-state index contributed by atoms with van der Waals surface area (Å²) in [4.78, 5) is 0. The van der Waals surface area contributed by atoms with Crippen molar-refractivity contribution in [3.63, 3.8) is 0 Å². The zero-order chi connectivity index (χ0) is 11.4. The van der Waals surface area contributed by atoms with Crippen molar-refractivity contribution in [2.75, 3.05) is 13.1 Å². The number of nitrogens with one attached hydrogen (secondary N) is 2. The standard InChI is InChI=1S/C13H23N3/c1-11-9-15-8-7-13(11,10-14)16-12-5-3-2-4-6-12/h11-12,15-16H,2-9H2,1H3. The Labute approximate surface area is 98.6 Å². The molecule has 0 aromatic rings. The molecule has 2 fully saturated rings. The quantitative estimate of drug-likeness (QED) is 0.747. The maximum absolute atomic E-state index is 9.50. The number of rotatable bonds is 2. The summed E-state index contributed by atoms with van der Waals surface area (Å²) in [7, 11) is 0. The summed E-state index contributed by atoms with van der Waals surface area (Å²) in [6, 6.07) is 3.14. The third-order valence-corrected chi connectivity index (χ3v) is 4.25. The van der Waals surface area contributed by atoms with Gasteiger partial charge in [0.05, 0.1) is 6.07 Å². The van der Waals surface area contributed by atoms with E-state index in [1.165, 1.54) is 32.1 Å². The van der Waals surface area contributed by atoms with Gasteiger partial charge in [-0.3, -0.25) is 5.32 Å². The predicted octanol–water partition coefficient (Wildman–Crippen LogP) is 1.80. The van der Waals surface area contributed by atoms with Gasteiger partial charge in [0.25, 0.3) is 0 Å². The first-order valence-corrected chi connectivity index (χ1v) is 6.66. The number of hydrogen-bond donors (Lipinski definition) is 2. The lowest BCUT2D eigenvalue weighted by molar-refractivity contribution is 0.188. The fourth-order valence-corrected chi connectivity index (χ4v) is 3.05. The molecule has 1 heterocycles. The fraction of sp³-hybridized carbons (Fsp3) is 0.923. The highest BCUT2D eigenvalue weighted by Crippen LogP contribution is 2.27. The second kappa shape index (κ2) is 5.16. The van der Waals surface area contributed by atoms with Crippen LogP contribution in [0.1, 0.15) is 45.4 Å². The van der Waals surface area contributed by atoms with E-state index in [2.05, 4.69) is 23.6 Å². The first kappa shape index (κ1) is 11.9. The Balaban J connectivity index is 2.00. The molecule has 1 saturated heterocycles. The van der Waals surface area contributed by atoms with Gasteiger partial charge >= 0.3 is 0 Å². The minimum Gasteiger partial charge on any atom is -0.316 e. The second-order valence-corrected chi connectivity index (χ2v) is 5.42. The molecule has 0 aromatic carbocycles. The molecule has 0 bridgehead atoms. The molecule has 90 valence electrons. The van der Waals surface area contributed by atoms with Gasteiger partial charge in [-0.1, -0.05) is 26.2 Å². The highest BCUT2D eigenvalue weighted by Gasteiger charge is 2.39. The van der Waals surface area contributed by atoms with Crippen molar-refractivity contribution < 1.29 is 0 Å². The van der Waals surface area contributed by atoms with Crippen LogP contribution in [0.15, 0.2) is 0 Å². The third-order valence-electron chi connectivity index (χ3n) is 4.25. The highest BCUT2D eigenvalue weighted by atomic mass is 15.1. The topological polar surface area (TPSA) is 47.9 Å². The van der Waals surface area contributed by atoms with Crippen molar-refractivity contribution in [3.8, 4) is 6.07 Å². The molecule has 0 radical (unpaired) electrons. The van der Waals surface area contributed by atoms with Crippen molar-refractivity contribution in [2.24, 2.45) is 5.92 Å². The van der Waals surface area contributed by atoms with Crippen molar-refractivity contribution in [2.45, 2.75) is 57.0 Å². The van der Waals surface area contributed by atoms with Crippen molar-refractivity contribution in [1.29, 1.82) is 5.26 Å². The van der Waals surface area contributed by atoms with Crippen LogP contribution in [-0.2, 0) is 0 Å². The van der Waals surface area contributed by atoms with Crippen molar-refractivity contribution in [1.82, 2.24) is 10.6 Å². The van der Waals surface area contributed by atoms with Crippen LogP contribution in [-0.4, -0.2) is 24.7 Å². The SMILES string of the molecule is CC1CNCCC1(C#N)NC1CCCCC1. The normalized spacial score (nSPS) is 36.9. The van der Waals surface area contributed by atoms with Crippen LogP contribution in [0.4, 0.5) is 0 Å². The first-order valence-electron chi connectivity index (χ1n) is 6.66. The molecule has 0 aromatic heterocycles. The van der Waals surface area contributed by atoms with Gasteiger partial charge in [0.1, 0.15) is 5.54 Å². The Morgan fingerprint density at radius 1 is 1.31 bits per heavy atom. The monoisotopic (exact) mass is 221 g/mol. The van der Waals surface area contributed by atoms with E-state index in [9.17, 15) is 5.26 Å². The van der Waals surface area contributed by atoms with Gasteiger partial charge in [0.15, 0.2) is 0 Å². The van der Waals surface area contributed by atoms with Gasteiger partial charge < -0.3 is 5.32 Å². The summed E-state index contributed by atoms with van der Waals surface area (Å²) in [5.74, 6) is 0.410. The maximum Gasteiger partial charge on any atom is 0.111 e. The Morgan fingerprint density at radius 2 is 2.06 bits per heavy atom. The average molecular weight is 221 g/mol. The summed E-state index contributed by atoms with van der Waals surface area (Å²) in [6.07, 6.45) is 7.47. The van der Waals surface area contributed by atoms with Gasteiger partial charge in [0, 0.05) is 18.5 Å². The predicted molar refractivity (Wildman–Crippen MR) is 65.0 cm³/mol. The minimum atomic E-state index is -0.271. The molecule has 0 amide bonds. The summed E-state index contributed by atoms with van der Waals surface area (Å²) in [5, 5.41) is 16.5. The Kier molecular flexibility index (Phi) is 3.83. The molecule has 16 heavy (non-hydrogen) atoms. The molecule has 1 saturated carbocycles. The lowest BCUT2D eigenvalue weighted by Gasteiger charge is -2.41. The van der Waals surface area contributed by atoms with E-state index >= 15 is 0 Å². The van der Waals surface area contributed by atoms with Crippen LogP contribution in [0.3, 0.4) is 0 Å². The van der Waals surface area contributed by atoms with E-state index in [-0.39, 0.29) is 5.54 Å². The van der Waals surface area contributed by atoms with Gasteiger partial charge in [0.2, 0.25) is 0 Å². The maximum atomic E-state index is 9.50. The summed E-state index contributed by atoms with van der Waals surface area (Å²) >= 11 is 0. The Morgan fingerprint density at radius 3 is 2.69 bits per heavy atom. The van der Waals surface area contributed by atoms with E-state index < -0.39 is 0 Å². The molecule has 3 heteroatoms. The average Bonchev–Trinajstić information content (AvgIpc) is 2.34. The van der Waals surface area contributed by atoms with E-state index in [0.29, 0.717) is 12.0 Å². The molecule has 3 nitrogen and oxygen atoms in total. The minimum absolute atomic E-state index is 0.271.